The van der Waals surface area contributed by atoms with Gasteiger partial charge in [0.05, 0.1) is 32.5 Å². The molecule has 1 saturated carbocycles. The van der Waals surface area contributed by atoms with Gasteiger partial charge < -0.3 is 20.1 Å². The van der Waals surface area contributed by atoms with Crippen molar-refractivity contribution in [3.63, 3.8) is 0 Å². The van der Waals surface area contributed by atoms with Crippen LogP contribution in [0.15, 0.2) is 0 Å². The first-order chi connectivity index (χ1) is 11.7. The molecule has 0 amide bonds. The SMILES string of the molecule is OCCN(CCO)SI.OCCN(CCOC1CCCCC1)SI. The third-order valence-electron chi connectivity index (χ3n) is 3.49. The van der Waals surface area contributed by atoms with Crippen molar-refractivity contribution in [2.45, 2.75) is 38.2 Å². The van der Waals surface area contributed by atoms with E-state index in [2.05, 4.69) is 46.7 Å². The fourth-order valence-electron chi connectivity index (χ4n) is 2.25. The summed E-state index contributed by atoms with van der Waals surface area (Å²) >= 11 is 4.36. The van der Waals surface area contributed by atoms with Crippen molar-refractivity contribution in [2.75, 3.05) is 52.6 Å². The van der Waals surface area contributed by atoms with Gasteiger partial charge >= 0.3 is 0 Å². The Bertz CT molecular complexity index is 258. The minimum atomic E-state index is 0.149. The fourth-order valence-corrected chi connectivity index (χ4v) is 5.21. The molecule has 0 heterocycles. The first kappa shape index (κ1) is 25.9. The topological polar surface area (TPSA) is 76.4 Å². The Morgan fingerprint density at radius 2 is 1.25 bits per heavy atom. The second-order valence-corrected chi connectivity index (χ2v) is 8.97. The third kappa shape index (κ3) is 15.0. The fraction of sp³-hybridized carbons (Fsp3) is 1.00. The molecule has 0 saturated heterocycles. The van der Waals surface area contributed by atoms with Crippen LogP contribution >= 0.6 is 60.6 Å². The van der Waals surface area contributed by atoms with Gasteiger partial charge in [0.15, 0.2) is 0 Å². The largest absolute Gasteiger partial charge is 0.395 e. The molecule has 0 bridgehead atoms. The minimum Gasteiger partial charge on any atom is -0.395 e. The zero-order valence-corrected chi connectivity index (χ0v) is 19.9. The van der Waals surface area contributed by atoms with Crippen molar-refractivity contribution < 1.29 is 20.1 Å². The lowest BCUT2D eigenvalue weighted by molar-refractivity contribution is 0.0241. The molecule has 0 spiro atoms. The van der Waals surface area contributed by atoms with Crippen LogP contribution in [0.2, 0.25) is 0 Å². The van der Waals surface area contributed by atoms with Gasteiger partial charge in [-0.2, -0.15) is 0 Å². The van der Waals surface area contributed by atoms with Crippen LogP contribution < -0.4 is 0 Å². The number of aliphatic hydroxyl groups is 3. The number of hydrogen-bond acceptors (Lipinski definition) is 8. The highest BCUT2D eigenvalue weighted by Gasteiger charge is 2.13. The third-order valence-corrected chi connectivity index (χ3v) is 7.95. The van der Waals surface area contributed by atoms with Gasteiger partial charge in [-0.1, -0.05) is 19.3 Å². The average Bonchev–Trinajstić information content (AvgIpc) is 2.62. The average molecular weight is 608 g/mol. The maximum absolute atomic E-state index is 8.82. The summed E-state index contributed by atoms with van der Waals surface area (Å²) in [5.74, 6) is 0. The van der Waals surface area contributed by atoms with E-state index >= 15 is 0 Å². The van der Waals surface area contributed by atoms with E-state index in [9.17, 15) is 0 Å². The quantitative estimate of drug-likeness (QED) is 0.231. The zero-order chi connectivity index (χ0) is 18.0. The molecular weight excluding hydrogens is 578 g/mol. The molecule has 1 fully saturated rings. The standard InChI is InChI=1S/C10H20INO2S.C4H10INO2S/c11-15-12(6-8-13)7-9-14-10-4-2-1-3-5-10;5-9-6(1-3-7)2-4-8/h10,13H,1-9H2;7-8H,1-4H2. The van der Waals surface area contributed by atoms with E-state index in [1.807, 2.05) is 4.31 Å². The number of hydrogen-bond donors (Lipinski definition) is 3. The molecule has 1 aliphatic rings. The number of halogens is 2. The lowest BCUT2D eigenvalue weighted by Crippen LogP contribution is -2.26. The second kappa shape index (κ2) is 19.7. The van der Waals surface area contributed by atoms with E-state index < -0.39 is 0 Å². The molecule has 146 valence electrons. The molecule has 0 radical (unpaired) electrons. The molecular formula is C14H30I2N2O4S2. The molecule has 1 aliphatic carbocycles. The van der Waals surface area contributed by atoms with Crippen molar-refractivity contribution in [3.05, 3.63) is 0 Å². The molecule has 0 aromatic heterocycles. The summed E-state index contributed by atoms with van der Waals surface area (Å²) in [6.07, 6.45) is 6.99. The maximum Gasteiger partial charge on any atom is 0.0606 e. The molecule has 0 atom stereocenters. The van der Waals surface area contributed by atoms with Gasteiger partial charge in [-0.3, -0.25) is 0 Å². The number of rotatable bonds is 12. The van der Waals surface area contributed by atoms with Gasteiger partial charge in [-0.15, -0.1) is 0 Å². The van der Waals surface area contributed by atoms with E-state index in [1.54, 1.807) is 9.12 Å². The Morgan fingerprint density at radius 1 is 0.792 bits per heavy atom. The van der Waals surface area contributed by atoms with Gasteiger partial charge in [0, 0.05) is 68.6 Å². The van der Waals surface area contributed by atoms with Gasteiger partial charge in [-0.05, 0) is 31.1 Å². The molecule has 1 rings (SSSR count). The van der Waals surface area contributed by atoms with Crippen LogP contribution in [0.3, 0.4) is 0 Å². The monoisotopic (exact) mass is 608 g/mol. The summed E-state index contributed by atoms with van der Waals surface area (Å²) in [5.41, 5.74) is 0. The van der Waals surface area contributed by atoms with Gasteiger partial charge in [-0.25, -0.2) is 8.61 Å². The van der Waals surface area contributed by atoms with Crippen LogP contribution in [0.1, 0.15) is 32.1 Å². The molecule has 0 unspecified atom stereocenters. The predicted octanol–water partition coefficient (Wildman–Crippen LogP) is 2.90. The summed E-state index contributed by atoms with van der Waals surface area (Å²) in [6, 6.07) is 0. The van der Waals surface area contributed by atoms with Gasteiger partial charge in [0.1, 0.15) is 0 Å². The van der Waals surface area contributed by atoms with Crippen LogP contribution in [0.25, 0.3) is 0 Å². The number of ether oxygens (including phenoxy) is 1. The van der Waals surface area contributed by atoms with E-state index in [1.165, 1.54) is 41.2 Å². The normalized spacial score (nSPS) is 15.6. The first-order valence-corrected chi connectivity index (χ1v) is 14.9. The van der Waals surface area contributed by atoms with E-state index in [0.29, 0.717) is 19.2 Å². The highest BCUT2D eigenvalue weighted by molar-refractivity contribution is 14.2. The Hall–Kier alpha value is 1.92. The van der Waals surface area contributed by atoms with Crippen molar-refractivity contribution in [3.8, 4) is 0 Å². The Balaban J connectivity index is 0.000000506. The summed E-state index contributed by atoms with van der Waals surface area (Å²) in [4.78, 5) is 0. The Kier molecular flexibility index (Phi) is 21.2. The molecule has 0 aromatic rings. The summed E-state index contributed by atoms with van der Waals surface area (Å²) < 4.78 is 9.84. The molecule has 0 aliphatic heterocycles. The van der Waals surface area contributed by atoms with E-state index in [0.717, 1.165) is 19.7 Å². The maximum atomic E-state index is 8.82. The van der Waals surface area contributed by atoms with Gasteiger partial charge in [0.2, 0.25) is 0 Å². The molecule has 10 heteroatoms. The molecule has 0 aromatic carbocycles. The number of nitrogens with zero attached hydrogens (tertiary/aromatic N) is 2. The van der Waals surface area contributed by atoms with Crippen LogP contribution in [0.4, 0.5) is 0 Å². The minimum absolute atomic E-state index is 0.149. The van der Waals surface area contributed by atoms with E-state index in [-0.39, 0.29) is 19.8 Å². The van der Waals surface area contributed by atoms with Gasteiger partial charge in [0.25, 0.3) is 0 Å². The first-order valence-electron chi connectivity index (χ1n) is 8.23. The Labute approximate surface area is 178 Å². The summed E-state index contributed by atoms with van der Waals surface area (Å²) in [5, 5.41) is 25.7. The van der Waals surface area contributed by atoms with E-state index in [4.69, 9.17) is 20.1 Å². The molecule has 24 heavy (non-hydrogen) atoms. The van der Waals surface area contributed by atoms with Crippen molar-refractivity contribution in [1.82, 2.24) is 8.61 Å². The second-order valence-electron chi connectivity index (χ2n) is 5.30. The molecule has 6 nitrogen and oxygen atoms in total. The number of aliphatic hydroxyl groups excluding tert-OH is 3. The molecule has 3 N–H and O–H groups in total. The van der Waals surface area contributed by atoms with Crippen molar-refractivity contribution in [2.24, 2.45) is 0 Å². The smallest absolute Gasteiger partial charge is 0.0606 e. The lowest BCUT2D eigenvalue weighted by atomic mass is 9.98. The van der Waals surface area contributed by atoms with Crippen LogP contribution in [0, 0.1) is 0 Å². The summed E-state index contributed by atoms with van der Waals surface area (Å²) in [7, 11) is 3.15. The Morgan fingerprint density at radius 3 is 1.67 bits per heavy atom. The summed E-state index contributed by atoms with van der Waals surface area (Å²) in [6.45, 7) is 4.18. The van der Waals surface area contributed by atoms with Crippen LogP contribution in [-0.4, -0.2) is 82.6 Å². The highest BCUT2D eigenvalue weighted by atomic mass is 127. The van der Waals surface area contributed by atoms with Crippen molar-refractivity contribution >= 4 is 60.6 Å². The predicted molar refractivity (Wildman–Crippen MR) is 120 cm³/mol. The van der Waals surface area contributed by atoms with Crippen LogP contribution in [-0.2, 0) is 4.74 Å². The highest BCUT2D eigenvalue weighted by Crippen LogP contribution is 2.21. The van der Waals surface area contributed by atoms with Crippen molar-refractivity contribution in [1.29, 1.82) is 0 Å². The lowest BCUT2D eigenvalue weighted by Gasteiger charge is -2.23. The van der Waals surface area contributed by atoms with Crippen LogP contribution in [0.5, 0.6) is 0 Å². The zero-order valence-electron chi connectivity index (χ0n) is 14.0.